The van der Waals surface area contributed by atoms with Crippen LogP contribution in [-0.4, -0.2) is 9.97 Å². The van der Waals surface area contributed by atoms with Gasteiger partial charge in [-0.3, -0.25) is 0 Å². The highest BCUT2D eigenvalue weighted by molar-refractivity contribution is 6.28. The standard InChI is InChI=1S/C10H5ClF3N3/c11-10-15-2-1-8(17-10)16-7-4-5(12)3-6(13)9(7)14/h1-4H,(H,15,16,17). The lowest BCUT2D eigenvalue weighted by Crippen LogP contribution is -2.00. The quantitative estimate of drug-likeness (QED) is 0.664. The Morgan fingerprint density at radius 1 is 1.18 bits per heavy atom. The largest absolute Gasteiger partial charge is 0.338 e. The smallest absolute Gasteiger partial charge is 0.224 e. The lowest BCUT2D eigenvalue weighted by atomic mass is 10.3. The first kappa shape index (κ1) is 11.7. The second-order valence-electron chi connectivity index (χ2n) is 3.09. The van der Waals surface area contributed by atoms with Crippen molar-refractivity contribution in [2.24, 2.45) is 0 Å². The highest BCUT2D eigenvalue weighted by Crippen LogP contribution is 2.22. The van der Waals surface area contributed by atoms with E-state index in [2.05, 4.69) is 15.3 Å². The van der Waals surface area contributed by atoms with E-state index in [0.717, 1.165) is 6.07 Å². The molecule has 0 bridgehead atoms. The Morgan fingerprint density at radius 3 is 2.65 bits per heavy atom. The van der Waals surface area contributed by atoms with Gasteiger partial charge in [-0.15, -0.1) is 0 Å². The SMILES string of the molecule is Fc1cc(F)c(F)c(Nc2ccnc(Cl)n2)c1. The zero-order chi connectivity index (χ0) is 12.4. The van der Waals surface area contributed by atoms with Crippen molar-refractivity contribution in [2.75, 3.05) is 5.32 Å². The molecule has 2 aromatic rings. The molecule has 0 aliphatic rings. The van der Waals surface area contributed by atoms with E-state index in [1.807, 2.05) is 0 Å². The minimum atomic E-state index is -1.28. The fraction of sp³-hybridized carbons (Fsp3) is 0. The van der Waals surface area contributed by atoms with Crippen molar-refractivity contribution in [2.45, 2.75) is 0 Å². The van der Waals surface area contributed by atoms with E-state index in [9.17, 15) is 13.2 Å². The second kappa shape index (κ2) is 4.58. The van der Waals surface area contributed by atoms with Gasteiger partial charge in [0.1, 0.15) is 11.6 Å². The van der Waals surface area contributed by atoms with Gasteiger partial charge in [-0.1, -0.05) is 0 Å². The zero-order valence-corrected chi connectivity index (χ0v) is 8.97. The van der Waals surface area contributed by atoms with Gasteiger partial charge in [0, 0.05) is 18.3 Å². The third-order valence-corrected chi connectivity index (χ3v) is 2.06. The Bertz CT molecular complexity index is 562. The van der Waals surface area contributed by atoms with E-state index in [1.54, 1.807) is 0 Å². The molecule has 0 saturated carbocycles. The van der Waals surface area contributed by atoms with Gasteiger partial charge in [0.2, 0.25) is 5.28 Å². The van der Waals surface area contributed by atoms with Crippen molar-refractivity contribution < 1.29 is 13.2 Å². The molecule has 2 rings (SSSR count). The molecule has 0 aliphatic carbocycles. The van der Waals surface area contributed by atoms with Crippen LogP contribution in [0.5, 0.6) is 0 Å². The Kier molecular flexibility index (Phi) is 3.14. The van der Waals surface area contributed by atoms with Gasteiger partial charge >= 0.3 is 0 Å². The molecule has 0 spiro atoms. The summed E-state index contributed by atoms with van der Waals surface area (Å²) in [6.45, 7) is 0. The van der Waals surface area contributed by atoms with Gasteiger partial charge in [-0.05, 0) is 17.7 Å². The fourth-order valence-corrected chi connectivity index (χ4v) is 1.34. The van der Waals surface area contributed by atoms with Crippen molar-refractivity contribution in [1.29, 1.82) is 0 Å². The highest BCUT2D eigenvalue weighted by Gasteiger charge is 2.11. The molecule has 0 radical (unpaired) electrons. The van der Waals surface area contributed by atoms with Crippen molar-refractivity contribution in [1.82, 2.24) is 9.97 Å². The topological polar surface area (TPSA) is 37.8 Å². The molecule has 0 fully saturated rings. The number of nitrogens with zero attached hydrogens (tertiary/aromatic N) is 2. The summed E-state index contributed by atoms with van der Waals surface area (Å²) < 4.78 is 39.1. The molecule has 1 heterocycles. The molecular weight excluding hydrogens is 255 g/mol. The lowest BCUT2D eigenvalue weighted by molar-refractivity contribution is 0.498. The third-order valence-electron chi connectivity index (χ3n) is 1.88. The molecule has 17 heavy (non-hydrogen) atoms. The normalized spacial score (nSPS) is 10.4. The van der Waals surface area contributed by atoms with Crippen molar-refractivity contribution >= 4 is 23.1 Å². The maximum Gasteiger partial charge on any atom is 0.224 e. The van der Waals surface area contributed by atoms with Crippen LogP contribution in [0.15, 0.2) is 24.4 Å². The van der Waals surface area contributed by atoms with Gasteiger partial charge in [0.05, 0.1) is 5.69 Å². The molecule has 1 aromatic heterocycles. The number of aromatic nitrogens is 2. The van der Waals surface area contributed by atoms with Crippen LogP contribution in [0.4, 0.5) is 24.7 Å². The number of hydrogen-bond donors (Lipinski definition) is 1. The Morgan fingerprint density at radius 2 is 1.94 bits per heavy atom. The molecule has 0 aliphatic heterocycles. The number of hydrogen-bond acceptors (Lipinski definition) is 3. The van der Waals surface area contributed by atoms with Crippen LogP contribution >= 0.6 is 11.6 Å². The highest BCUT2D eigenvalue weighted by atomic mass is 35.5. The first-order valence-corrected chi connectivity index (χ1v) is 4.84. The zero-order valence-electron chi connectivity index (χ0n) is 8.22. The molecule has 0 atom stereocenters. The van der Waals surface area contributed by atoms with Crippen LogP contribution in [0.1, 0.15) is 0 Å². The van der Waals surface area contributed by atoms with Gasteiger partial charge in [0.15, 0.2) is 11.6 Å². The number of benzene rings is 1. The molecule has 0 amide bonds. The summed E-state index contributed by atoms with van der Waals surface area (Å²) >= 11 is 5.51. The van der Waals surface area contributed by atoms with Crippen molar-refractivity contribution in [3.63, 3.8) is 0 Å². The molecule has 0 unspecified atom stereocenters. The summed E-state index contributed by atoms with van der Waals surface area (Å²) in [5.74, 6) is -3.24. The lowest BCUT2D eigenvalue weighted by Gasteiger charge is -2.07. The predicted octanol–water partition coefficient (Wildman–Crippen LogP) is 3.29. The molecule has 0 saturated heterocycles. The maximum absolute atomic E-state index is 13.3. The fourth-order valence-electron chi connectivity index (χ4n) is 1.19. The molecule has 3 nitrogen and oxygen atoms in total. The predicted molar refractivity (Wildman–Crippen MR) is 56.6 cm³/mol. The first-order chi connectivity index (χ1) is 8.06. The van der Waals surface area contributed by atoms with Crippen LogP contribution in [0.2, 0.25) is 5.28 Å². The molecule has 7 heteroatoms. The Labute approximate surface area is 99.3 Å². The number of nitrogens with one attached hydrogen (secondary N) is 1. The molecular formula is C10H5ClF3N3. The average Bonchev–Trinajstić information content (AvgIpc) is 2.25. The van der Waals surface area contributed by atoms with Crippen molar-refractivity contribution in [3.8, 4) is 0 Å². The minimum Gasteiger partial charge on any atom is -0.338 e. The molecule has 1 aromatic carbocycles. The van der Waals surface area contributed by atoms with E-state index in [1.165, 1.54) is 12.3 Å². The first-order valence-electron chi connectivity index (χ1n) is 4.46. The number of anilines is 2. The van der Waals surface area contributed by atoms with Crippen LogP contribution in [-0.2, 0) is 0 Å². The van der Waals surface area contributed by atoms with Crippen molar-refractivity contribution in [3.05, 3.63) is 47.1 Å². The van der Waals surface area contributed by atoms with Gasteiger partial charge in [-0.25, -0.2) is 23.1 Å². The van der Waals surface area contributed by atoms with Crippen LogP contribution in [0.3, 0.4) is 0 Å². The van der Waals surface area contributed by atoms with Gasteiger partial charge in [-0.2, -0.15) is 0 Å². The van der Waals surface area contributed by atoms with E-state index in [4.69, 9.17) is 11.6 Å². The number of rotatable bonds is 2. The molecule has 1 N–H and O–H groups in total. The van der Waals surface area contributed by atoms with Crippen LogP contribution in [0, 0.1) is 17.5 Å². The van der Waals surface area contributed by atoms with E-state index in [0.29, 0.717) is 6.07 Å². The second-order valence-corrected chi connectivity index (χ2v) is 3.42. The van der Waals surface area contributed by atoms with Crippen LogP contribution < -0.4 is 5.32 Å². The maximum atomic E-state index is 13.3. The van der Waals surface area contributed by atoms with E-state index < -0.39 is 17.5 Å². The summed E-state index contributed by atoms with van der Waals surface area (Å²) in [4.78, 5) is 7.31. The summed E-state index contributed by atoms with van der Waals surface area (Å²) in [5, 5.41) is 2.34. The van der Waals surface area contributed by atoms with E-state index >= 15 is 0 Å². The summed E-state index contributed by atoms with van der Waals surface area (Å²) in [5.41, 5.74) is -0.364. The summed E-state index contributed by atoms with van der Waals surface area (Å²) in [7, 11) is 0. The summed E-state index contributed by atoms with van der Waals surface area (Å²) in [6.07, 6.45) is 1.32. The van der Waals surface area contributed by atoms with E-state index in [-0.39, 0.29) is 16.8 Å². The minimum absolute atomic E-state index is 0.0627. The third kappa shape index (κ3) is 2.65. The van der Waals surface area contributed by atoms with Gasteiger partial charge in [0.25, 0.3) is 0 Å². The Balaban J connectivity index is 2.36. The Hall–Kier alpha value is -1.82. The van der Waals surface area contributed by atoms with Gasteiger partial charge < -0.3 is 5.32 Å². The van der Waals surface area contributed by atoms with Crippen LogP contribution in [0.25, 0.3) is 0 Å². The number of halogens is 4. The monoisotopic (exact) mass is 259 g/mol. The summed E-state index contributed by atoms with van der Waals surface area (Å²) in [6, 6.07) is 2.65. The molecule has 88 valence electrons. The average molecular weight is 260 g/mol.